The molecule has 112 valence electrons. The Labute approximate surface area is 136 Å². The number of ether oxygens (including phenoxy) is 1. The van der Waals surface area contributed by atoms with Crippen LogP contribution in [0.15, 0.2) is 28.7 Å². The third kappa shape index (κ3) is 4.25. The lowest BCUT2D eigenvalue weighted by molar-refractivity contribution is 0.153. The van der Waals surface area contributed by atoms with Crippen molar-refractivity contribution in [2.75, 3.05) is 18.6 Å². The maximum atomic E-state index is 11.8. The predicted octanol–water partition coefficient (Wildman–Crippen LogP) is 4.34. The quantitative estimate of drug-likeness (QED) is 0.735. The summed E-state index contributed by atoms with van der Waals surface area (Å²) in [7, 11) is 1.64. The van der Waals surface area contributed by atoms with Crippen LogP contribution in [-0.2, 0) is 4.74 Å². The SMILES string of the molecule is CCCCOC(=O)N(C)c1nnc(-c2ccc(Br)cc2)s1. The summed E-state index contributed by atoms with van der Waals surface area (Å²) in [6.07, 6.45) is 1.45. The Morgan fingerprint density at radius 1 is 1.33 bits per heavy atom. The van der Waals surface area contributed by atoms with Gasteiger partial charge in [-0.3, -0.25) is 4.90 Å². The highest BCUT2D eigenvalue weighted by atomic mass is 79.9. The first kappa shape index (κ1) is 15.9. The molecule has 0 aliphatic rings. The Morgan fingerprint density at radius 3 is 2.71 bits per heavy atom. The van der Waals surface area contributed by atoms with Gasteiger partial charge in [0.1, 0.15) is 5.01 Å². The fourth-order valence-electron chi connectivity index (χ4n) is 1.54. The van der Waals surface area contributed by atoms with Crippen LogP contribution in [0.5, 0.6) is 0 Å². The number of hydrogen-bond acceptors (Lipinski definition) is 5. The molecule has 7 heteroatoms. The Morgan fingerprint density at radius 2 is 2.05 bits per heavy atom. The molecule has 5 nitrogen and oxygen atoms in total. The van der Waals surface area contributed by atoms with Crippen LogP contribution < -0.4 is 4.90 Å². The van der Waals surface area contributed by atoms with Crippen LogP contribution in [0.2, 0.25) is 0 Å². The van der Waals surface area contributed by atoms with Crippen LogP contribution >= 0.6 is 27.3 Å². The molecular formula is C14H16BrN3O2S. The summed E-state index contributed by atoms with van der Waals surface area (Å²) in [5, 5.41) is 9.46. The summed E-state index contributed by atoms with van der Waals surface area (Å²) >= 11 is 4.75. The topological polar surface area (TPSA) is 55.3 Å². The summed E-state index contributed by atoms with van der Waals surface area (Å²) in [6.45, 7) is 2.48. The molecule has 1 aromatic carbocycles. The van der Waals surface area contributed by atoms with E-state index in [0.29, 0.717) is 11.7 Å². The van der Waals surface area contributed by atoms with Gasteiger partial charge in [0.15, 0.2) is 0 Å². The van der Waals surface area contributed by atoms with Gasteiger partial charge in [0.25, 0.3) is 0 Å². The normalized spacial score (nSPS) is 10.4. The van der Waals surface area contributed by atoms with E-state index in [1.165, 1.54) is 16.2 Å². The van der Waals surface area contributed by atoms with Crippen molar-refractivity contribution < 1.29 is 9.53 Å². The van der Waals surface area contributed by atoms with Crippen LogP contribution in [-0.4, -0.2) is 29.9 Å². The maximum absolute atomic E-state index is 11.8. The molecule has 0 fully saturated rings. The predicted molar refractivity (Wildman–Crippen MR) is 87.7 cm³/mol. The molecule has 21 heavy (non-hydrogen) atoms. The summed E-state index contributed by atoms with van der Waals surface area (Å²) in [4.78, 5) is 13.2. The van der Waals surface area contributed by atoms with E-state index in [4.69, 9.17) is 4.74 Å². The molecule has 0 bridgehead atoms. The number of benzene rings is 1. The molecule has 0 atom stereocenters. The Kier molecular flexibility index (Phi) is 5.69. The van der Waals surface area contributed by atoms with Gasteiger partial charge in [-0.1, -0.05) is 52.7 Å². The van der Waals surface area contributed by atoms with E-state index in [1.807, 2.05) is 31.2 Å². The highest BCUT2D eigenvalue weighted by molar-refractivity contribution is 9.10. The zero-order chi connectivity index (χ0) is 15.2. The second-order valence-corrected chi connectivity index (χ2v) is 6.30. The number of anilines is 1. The van der Waals surface area contributed by atoms with Crippen molar-refractivity contribution in [3.8, 4) is 10.6 Å². The fraction of sp³-hybridized carbons (Fsp3) is 0.357. The van der Waals surface area contributed by atoms with Crippen LogP contribution in [0.4, 0.5) is 9.93 Å². The third-order valence-corrected chi connectivity index (χ3v) is 4.37. The van der Waals surface area contributed by atoms with Crippen LogP contribution in [0.25, 0.3) is 10.6 Å². The van der Waals surface area contributed by atoms with Crippen LogP contribution in [0.3, 0.4) is 0 Å². The Balaban J connectivity index is 2.05. The number of carbonyl (C=O) groups is 1. The summed E-state index contributed by atoms with van der Waals surface area (Å²) in [5.74, 6) is 0. The number of carbonyl (C=O) groups excluding carboxylic acids is 1. The molecule has 0 saturated carbocycles. The van der Waals surface area contributed by atoms with Gasteiger partial charge in [-0.25, -0.2) is 4.79 Å². The molecule has 0 spiro atoms. The minimum Gasteiger partial charge on any atom is -0.449 e. The molecule has 2 aromatic rings. The molecule has 1 amide bonds. The minimum atomic E-state index is -0.401. The third-order valence-electron chi connectivity index (χ3n) is 2.79. The minimum absolute atomic E-state index is 0.401. The van der Waals surface area contributed by atoms with Gasteiger partial charge in [-0.05, 0) is 18.6 Å². The van der Waals surface area contributed by atoms with Crippen LogP contribution in [0.1, 0.15) is 19.8 Å². The van der Waals surface area contributed by atoms with Crippen molar-refractivity contribution >= 4 is 38.5 Å². The van der Waals surface area contributed by atoms with E-state index >= 15 is 0 Å². The van der Waals surface area contributed by atoms with Crippen molar-refractivity contribution in [3.63, 3.8) is 0 Å². The smallest absolute Gasteiger partial charge is 0.415 e. The zero-order valence-electron chi connectivity index (χ0n) is 11.9. The largest absolute Gasteiger partial charge is 0.449 e. The second-order valence-electron chi connectivity index (χ2n) is 4.42. The van der Waals surface area contributed by atoms with Crippen molar-refractivity contribution in [1.82, 2.24) is 10.2 Å². The zero-order valence-corrected chi connectivity index (χ0v) is 14.3. The summed E-state index contributed by atoms with van der Waals surface area (Å²) in [5.41, 5.74) is 0.967. The molecule has 0 radical (unpaired) electrons. The molecule has 1 heterocycles. The molecule has 0 aliphatic heterocycles. The lowest BCUT2D eigenvalue weighted by Crippen LogP contribution is -2.27. The second kappa shape index (κ2) is 7.51. The van der Waals surface area contributed by atoms with E-state index < -0.39 is 6.09 Å². The van der Waals surface area contributed by atoms with Crippen molar-refractivity contribution in [1.29, 1.82) is 0 Å². The molecule has 1 aromatic heterocycles. The van der Waals surface area contributed by atoms with Gasteiger partial charge in [-0.15, -0.1) is 10.2 Å². The van der Waals surface area contributed by atoms with Gasteiger partial charge in [0, 0.05) is 17.1 Å². The van der Waals surface area contributed by atoms with Crippen molar-refractivity contribution in [2.45, 2.75) is 19.8 Å². The molecule has 0 saturated heterocycles. The number of amides is 1. The average molecular weight is 370 g/mol. The highest BCUT2D eigenvalue weighted by Crippen LogP contribution is 2.29. The van der Waals surface area contributed by atoms with E-state index in [-0.39, 0.29) is 0 Å². The van der Waals surface area contributed by atoms with Gasteiger partial charge < -0.3 is 4.74 Å². The number of aromatic nitrogens is 2. The average Bonchev–Trinajstić information content (AvgIpc) is 2.97. The van der Waals surface area contributed by atoms with Crippen molar-refractivity contribution in [2.24, 2.45) is 0 Å². The van der Waals surface area contributed by atoms with Gasteiger partial charge in [0.05, 0.1) is 6.61 Å². The van der Waals surface area contributed by atoms with Crippen molar-refractivity contribution in [3.05, 3.63) is 28.7 Å². The number of nitrogens with zero attached hydrogens (tertiary/aromatic N) is 3. The highest BCUT2D eigenvalue weighted by Gasteiger charge is 2.17. The first-order valence-corrected chi connectivity index (χ1v) is 8.22. The van der Waals surface area contributed by atoms with Gasteiger partial charge in [-0.2, -0.15) is 0 Å². The Hall–Kier alpha value is -1.47. The van der Waals surface area contributed by atoms with E-state index in [2.05, 4.69) is 26.1 Å². The monoisotopic (exact) mass is 369 g/mol. The summed E-state index contributed by atoms with van der Waals surface area (Å²) in [6, 6.07) is 7.79. The molecule has 0 aliphatic carbocycles. The lowest BCUT2D eigenvalue weighted by Gasteiger charge is -2.12. The van der Waals surface area contributed by atoms with E-state index in [0.717, 1.165) is 27.9 Å². The standard InChI is InChI=1S/C14H16BrN3O2S/c1-3-4-9-20-14(19)18(2)13-17-16-12(21-13)10-5-7-11(15)8-6-10/h5-8H,3-4,9H2,1-2H3. The van der Waals surface area contributed by atoms with Gasteiger partial charge >= 0.3 is 6.09 Å². The Bertz CT molecular complexity index is 601. The number of halogens is 1. The van der Waals surface area contributed by atoms with Crippen LogP contribution in [0, 0.1) is 0 Å². The summed E-state index contributed by atoms with van der Waals surface area (Å²) < 4.78 is 6.16. The molecule has 0 unspecified atom stereocenters. The lowest BCUT2D eigenvalue weighted by atomic mass is 10.2. The first-order valence-electron chi connectivity index (χ1n) is 6.61. The number of rotatable bonds is 5. The molecule has 0 N–H and O–H groups in total. The number of unbranched alkanes of at least 4 members (excludes halogenated alkanes) is 1. The molecule has 2 rings (SSSR count). The van der Waals surface area contributed by atoms with E-state index in [9.17, 15) is 4.79 Å². The van der Waals surface area contributed by atoms with Gasteiger partial charge in [0.2, 0.25) is 5.13 Å². The van der Waals surface area contributed by atoms with E-state index in [1.54, 1.807) is 7.05 Å². The number of hydrogen-bond donors (Lipinski definition) is 0. The maximum Gasteiger partial charge on any atom is 0.415 e. The molecular weight excluding hydrogens is 354 g/mol. The first-order chi connectivity index (χ1) is 10.1. The fourth-order valence-corrected chi connectivity index (χ4v) is 2.60.